The molecular weight excluding hydrogens is 248 g/mol. The zero-order valence-corrected chi connectivity index (χ0v) is 12.1. The summed E-state index contributed by atoms with van der Waals surface area (Å²) in [4.78, 5) is 4.39. The highest BCUT2D eigenvalue weighted by Gasteiger charge is 2.11. The number of hydrogen-bond acceptors (Lipinski definition) is 3. The number of nitrogens with zero attached hydrogens (tertiary/aromatic N) is 1. The van der Waals surface area contributed by atoms with E-state index < -0.39 is 0 Å². The molecule has 106 valence electrons. The molecular formula is C17H22N2O. The largest absolute Gasteiger partial charge is 0.506 e. The lowest BCUT2D eigenvalue weighted by Gasteiger charge is -2.19. The molecule has 0 radical (unpaired) electrons. The fourth-order valence-corrected chi connectivity index (χ4v) is 2.31. The van der Waals surface area contributed by atoms with Gasteiger partial charge in [-0.05, 0) is 31.0 Å². The van der Waals surface area contributed by atoms with E-state index in [1.54, 1.807) is 6.07 Å². The van der Waals surface area contributed by atoms with Gasteiger partial charge in [0.2, 0.25) is 0 Å². The van der Waals surface area contributed by atoms with E-state index in [9.17, 15) is 5.11 Å². The molecule has 1 unspecified atom stereocenters. The van der Waals surface area contributed by atoms with Gasteiger partial charge in [-0.2, -0.15) is 0 Å². The topological polar surface area (TPSA) is 45.2 Å². The molecule has 0 amide bonds. The maximum atomic E-state index is 9.85. The summed E-state index contributed by atoms with van der Waals surface area (Å²) in [6.45, 7) is 4.69. The summed E-state index contributed by atoms with van der Waals surface area (Å²) in [6.07, 6.45) is 2.18. The standard InChI is InChI=1S/C17H22N2O/c1-3-7-15(14-8-5-4-6-9-14)18-12-16-17(20)11-10-13(2)19-16/h4-6,8-11,15,18,20H,3,7,12H2,1-2H3. The number of hydrogen-bond donors (Lipinski definition) is 2. The van der Waals surface area contributed by atoms with E-state index in [0.717, 1.165) is 18.5 Å². The molecule has 1 aromatic heterocycles. The number of pyridine rings is 1. The number of aryl methyl sites for hydroxylation is 1. The maximum absolute atomic E-state index is 9.85. The van der Waals surface area contributed by atoms with Crippen molar-refractivity contribution in [2.45, 2.75) is 39.3 Å². The third-order valence-corrected chi connectivity index (χ3v) is 3.38. The molecule has 1 aromatic carbocycles. The summed E-state index contributed by atoms with van der Waals surface area (Å²) in [5.74, 6) is 0.256. The second-order valence-electron chi connectivity index (χ2n) is 5.05. The maximum Gasteiger partial charge on any atom is 0.138 e. The quantitative estimate of drug-likeness (QED) is 0.840. The van der Waals surface area contributed by atoms with Gasteiger partial charge in [0, 0.05) is 18.3 Å². The summed E-state index contributed by atoms with van der Waals surface area (Å²) >= 11 is 0. The second kappa shape index (κ2) is 7.06. The summed E-state index contributed by atoms with van der Waals surface area (Å²) < 4.78 is 0. The normalized spacial score (nSPS) is 12.3. The van der Waals surface area contributed by atoms with E-state index in [0.29, 0.717) is 18.3 Å². The molecule has 0 bridgehead atoms. The SMILES string of the molecule is CCCC(NCc1nc(C)ccc1O)c1ccccc1. The van der Waals surface area contributed by atoms with Crippen LogP contribution in [0.5, 0.6) is 5.75 Å². The van der Waals surface area contributed by atoms with Crippen LogP contribution in [-0.2, 0) is 6.54 Å². The smallest absolute Gasteiger partial charge is 0.138 e. The van der Waals surface area contributed by atoms with Crippen LogP contribution in [0, 0.1) is 6.92 Å². The summed E-state index contributed by atoms with van der Waals surface area (Å²) in [6, 6.07) is 14.2. The third-order valence-electron chi connectivity index (χ3n) is 3.38. The molecule has 0 aliphatic heterocycles. The van der Waals surface area contributed by atoms with Gasteiger partial charge in [0.1, 0.15) is 5.75 Å². The predicted molar refractivity (Wildman–Crippen MR) is 81.6 cm³/mol. The van der Waals surface area contributed by atoms with Gasteiger partial charge in [0.05, 0.1) is 5.69 Å². The van der Waals surface area contributed by atoms with Crippen molar-refractivity contribution < 1.29 is 5.11 Å². The monoisotopic (exact) mass is 270 g/mol. The fourth-order valence-electron chi connectivity index (χ4n) is 2.31. The number of nitrogens with one attached hydrogen (secondary N) is 1. The Labute approximate surface area is 120 Å². The van der Waals surface area contributed by atoms with Crippen LogP contribution in [0.15, 0.2) is 42.5 Å². The predicted octanol–water partition coefficient (Wildman–Crippen LogP) is 3.73. The Bertz CT molecular complexity index is 540. The van der Waals surface area contributed by atoms with Crippen molar-refractivity contribution >= 4 is 0 Å². The number of aromatic hydroxyl groups is 1. The average Bonchev–Trinajstić information content (AvgIpc) is 2.47. The molecule has 3 nitrogen and oxygen atoms in total. The molecule has 3 heteroatoms. The highest BCUT2D eigenvalue weighted by atomic mass is 16.3. The van der Waals surface area contributed by atoms with E-state index in [1.165, 1.54) is 5.56 Å². The molecule has 0 aliphatic rings. The molecule has 0 saturated carbocycles. The van der Waals surface area contributed by atoms with Gasteiger partial charge in [-0.1, -0.05) is 43.7 Å². The van der Waals surface area contributed by atoms with E-state index in [-0.39, 0.29) is 5.75 Å². The minimum Gasteiger partial charge on any atom is -0.506 e. The van der Waals surface area contributed by atoms with Gasteiger partial charge >= 0.3 is 0 Å². The van der Waals surface area contributed by atoms with E-state index in [2.05, 4.69) is 41.5 Å². The fraction of sp³-hybridized carbons (Fsp3) is 0.353. The first kappa shape index (κ1) is 14.5. The lowest BCUT2D eigenvalue weighted by Crippen LogP contribution is -2.21. The summed E-state index contributed by atoms with van der Waals surface area (Å²) in [5, 5.41) is 13.3. The zero-order valence-electron chi connectivity index (χ0n) is 12.1. The Morgan fingerprint density at radius 3 is 2.60 bits per heavy atom. The molecule has 1 atom stereocenters. The number of benzene rings is 1. The second-order valence-corrected chi connectivity index (χ2v) is 5.05. The van der Waals surface area contributed by atoms with Crippen molar-refractivity contribution in [1.29, 1.82) is 0 Å². The van der Waals surface area contributed by atoms with Crippen molar-refractivity contribution in [2.24, 2.45) is 0 Å². The summed E-state index contributed by atoms with van der Waals surface area (Å²) in [5.41, 5.74) is 2.91. The highest BCUT2D eigenvalue weighted by molar-refractivity contribution is 5.28. The van der Waals surface area contributed by atoms with Crippen molar-refractivity contribution in [3.05, 3.63) is 59.4 Å². The molecule has 2 rings (SSSR count). The van der Waals surface area contributed by atoms with Crippen LogP contribution in [0.1, 0.15) is 42.8 Å². The summed E-state index contributed by atoms with van der Waals surface area (Å²) in [7, 11) is 0. The van der Waals surface area contributed by atoms with Crippen molar-refractivity contribution in [3.8, 4) is 5.75 Å². The van der Waals surface area contributed by atoms with Crippen LogP contribution < -0.4 is 5.32 Å². The first-order valence-corrected chi connectivity index (χ1v) is 7.14. The van der Waals surface area contributed by atoms with E-state index in [4.69, 9.17) is 0 Å². The van der Waals surface area contributed by atoms with Crippen LogP contribution >= 0.6 is 0 Å². The Hall–Kier alpha value is -1.87. The van der Waals surface area contributed by atoms with Gasteiger partial charge < -0.3 is 10.4 Å². The van der Waals surface area contributed by atoms with Crippen molar-refractivity contribution in [3.63, 3.8) is 0 Å². The van der Waals surface area contributed by atoms with Crippen LogP contribution in [0.25, 0.3) is 0 Å². The van der Waals surface area contributed by atoms with E-state index >= 15 is 0 Å². The van der Waals surface area contributed by atoms with Crippen LogP contribution in [0.4, 0.5) is 0 Å². The van der Waals surface area contributed by atoms with Crippen LogP contribution in [-0.4, -0.2) is 10.1 Å². The lowest BCUT2D eigenvalue weighted by molar-refractivity contribution is 0.443. The molecule has 0 saturated heterocycles. The van der Waals surface area contributed by atoms with Crippen LogP contribution in [0.2, 0.25) is 0 Å². The first-order chi connectivity index (χ1) is 9.70. The molecule has 0 spiro atoms. The van der Waals surface area contributed by atoms with Crippen molar-refractivity contribution in [1.82, 2.24) is 10.3 Å². The lowest BCUT2D eigenvalue weighted by atomic mass is 10.0. The molecule has 0 fully saturated rings. The Kier molecular flexibility index (Phi) is 5.13. The molecule has 20 heavy (non-hydrogen) atoms. The zero-order chi connectivity index (χ0) is 14.4. The van der Waals surface area contributed by atoms with Gasteiger partial charge in [0.25, 0.3) is 0 Å². The van der Waals surface area contributed by atoms with Gasteiger partial charge in [0.15, 0.2) is 0 Å². The molecule has 2 aromatic rings. The third kappa shape index (κ3) is 3.81. The number of aromatic nitrogens is 1. The first-order valence-electron chi connectivity index (χ1n) is 7.14. The Morgan fingerprint density at radius 1 is 1.15 bits per heavy atom. The average molecular weight is 270 g/mol. The molecule has 1 heterocycles. The van der Waals surface area contributed by atoms with Crippen LogP contribution in [0.3, 0.4) is 0 Å². The number of rotatable bonds is 6. The minimum atomic E-state index is 0.256. The molecule has 2 N–H and O–H groups in total. The van der Waals surface area contributed by atoms with Gasteiger partial charge in [-0.3, -0.25) is 4.98 Å². The molecule has 0 aliphatic carbocycles. The highest BCUT2D eigenvalue weighted by Crippen LogP contribution is 2.20. The van der Waals surface area contributed by atoms with Gasteiger partial charge in [-0.15, -0.1) is 0 Å². The van der Waals surface area contributed by atoms with Crippen molar-refractivity contribution in [2.75, 3.05) is 0 Å². The minimum absolute atomic E-state index is 0.256. The van der Waals surface area contributed by atoms with Gasteiger partial charge in [-0.25, -0.2) is 0 Å². The Balaban J connectivity index is 2.07. The van der Waals surface area contributed by atoms with E-state index in [1.807, 2.05) is 19.1 Å². The Morgan fingerprint density at radius 2 is 1.90 bits per heavy atom.